The van der Waals surface area contributed by atoms with Crippen molar-refractivity contribution in [3.05, 3.63) is 81.2 Å². The average molecular weight is 587 g/mol. The monoisotopic (exact) mass is 586 g/mol. The number of pyridine rings is 2. The highest BCUT2D eigenvalue weighted by Crippen LogP contribution is 2.26. The molecule has 1 N–H and O–H groups in total. The first-order valence-corrected chi connectivity index (χ1v) is 15.3. The Morgan fingerprint density at radius 2 is 1.92 bits per heavy atom. The lowest BCUT2D eigenvalue weighted by Gasteiger charge is -2.26. The molecule has 204 valence electrons. The number of sulfone groups is 1. The fourth-order valence-electron chi connectivity index (χ4n) is 4.41. The normalized spacial score (nSPS) is 14.5. The Bertz CT molecular complexity index is 1640. The molecule has 9 nitrogen and oxygen atoms in total. The topological polar surface area (TPSA) is 111 Å². The van der Waals surface area contributed by atoms with E-state index in [0.717, 1.165) is 61.8 Å². The van der Waals surface area contributed by atoms with Crippen molar-refractivity contribution in [2.75, 3.05) is 50.5 Å². The van der Waals surface area contributed by atoms with Crippen molar-refractivity contribution < 1.29 is 17.9 Å². The first-order chi connectivity index (χ1) is 18.8. The number of ether oxygens (including phenoxy) is 1. The molecule has 39 heavy (non-hydrogen) atoms. The van der Waals surface area contributed by atoms with E-state index < -0.39 is 21.4 Å². The van der Waals surface area contributed by atoms with Gasteiger partial charge in [-0.2, -0.15) is 0 Å². The summed E-state index contributed by atoms with van der Waals surface area (Å²) in [5, 5.41) is 4.81. The maximum absolute atomic E-state index is 13.2. The number of carbonyl (C=O) groups excluding carboxylic acids is 1. The number of aromatic nitrogens is 2. The summed E-state index contributed by atoms with van der Waals surface area (Å²) in [6.07, 6.45) is 3.08. The summed E-state index contributed by atoms with van der Waals surface area (Å²) >= 11 is 6.75. The molecule has 3 aromatic heterocycles. The standard InChI is InChI=1S/C27H27ClN4O5S2/c28-24-4-6-26(38-24)39(35,36)18-22(33)15-19-1-5-25(30-17-19)32-9-7-20-16-21(2-3-23(20)27(32)34)29-8-10-31-11-13-37-14-12-31/h1-7,9,16-17,29H,8,10-15,18H2. The van der Waals surface area contributed by atoms with Gasteiger partial charge in [-0.1, -0.05) is 17.7 Å². The Labute approximate surface area is 234 Å². The Kier molecular flexibility index (Phi) is 8.43. The van der Waals surface area contributed by atoms with Gasteiger partial charge < -0.3 is 10.1 Å². The summed E-state index contributed by atoms with van der Waals surface area (Å²) in [5.74, 6) is -0.655. The average Bonchev–Trinajstić information content (AvgIpc) is 3.37. The molecule has 1 aromatic carbocycles. The maximum Gasteiger partial charge on any atom is 0.264 e. The first-order valence-electron chi connectivity index (χ1n) is 12.4. The number of carbonyl (C=O) groups is 1. The number of hydrogen-bond donors (Lipinski definition) is 1. The molecule has 12 heteroatoms. The molecule has 4 heterocycles. The number of morpholine rings is 1. The van der Waals surface area contributed by atoms with Crippen LogP contribution in [-0.4, -0.2) is 73.8 Å². The van der Waals surface area contributed by atoms with E-state index in [-0.39, 0.29) is 16.2 Å². The second-order valence-corrected chi connectivity index (χ2v) is 13.2. The molecule has 0 radical (unpaired) electrons. The molecule has 1 aliphatic heterocycles. The van der Waals surface area contributed by atoms with Gasteiger partial charge in [0.2, 0.25) is 0 Å². The molecular formula is C27H27ClN4O5S2. The summed E-state index contributed by atoms with van der Waals surface area (Å²) < 4.78 is 32.1. The lowest BCUT2D eigenvalue weighted by atomic mass is 10.1. The highest BCUT2D eigenvalue weighted by atomic mass is 35.5. The van der Waals surface area contributed by atoms with Crippen LogP contribution in [0.1, 0.15) is 5.56 Å². The summed E-state index contributed by atoms with van der Waals surface area (Å²) in [7, 11) is -3.74. The van der Waals surface area contributed by atoms with Gasteiger partial charge in [0.15, 0.2) is 15.6 Å². The number of thiophene rings is 1. The lowest BCUT2D eigenvalue weighted by Crippen LogP contribution is -2.39. The van der Waals surface area contributed by atoms with Gasteiger partial charge >= 0.3 is 0 Å². The second-order valence-electron chi connectivity index (χ2n) is 9.23. The van der Waals surface area contributed by atoms with Crippen LogP contribution in [0.5, 0.6) is 0 Å². The fraction of sp³-hybridized carbons (Fsp3) is 0.296. The van der Waals surface area contributed by atoms with E-state index in [0.29, 0.717) is 21.1 Å². The number of ketones is 1. The number of halogens is 1. The fourth-order valence-corrected chi connectivity index (χ4v) is 7.22. The number of Topliss-reactive ketones (excluding diaryl/α,β-unsaturated/α-hetero) is 1. The molecule has 0 saturated carbocycles. The third kappa shape index (κ3) is 6.74. The second kappa shape index (κ2) is 12.0. The van der Waals surface area contributed by atoms with E-state index >= 15 is 0 Å². The zero-order valence-corrected chi connectivity index (χ0v) is 23.4. The zero-order valence-electron chi connectivity index (χ0n) is 21.0. The van der Waals surface area contributed by atoms with Gasteiger partial charge in [0.05, 0.1) is 17.6 Å². The molecule has 0 atom stereocenters. The predicted molar refractivity (Wildman–Crippen MR) is 153 cm³/mol. The van der Waals surface area contributed by atoms with Gasteiger partial charge in [-0.25, -0.2) is 13.4 Å². The van der Waals surface area contributed by atoms with Crippen molar-refractivity contribution in [2.45, 2.75) is 10.6 Å². The van der Waals surface area contributed by atoms with E-state index in [1.54, 1.807) is 24.4 Å². The van der Waals surface area contributed by atoms with Crippen LogP contribution in [0.2, 0.25) is 4.34 Å². The molecule has 1 saturated heterocycles. The molecule has 0 bridgehead atoms. The van der Waals surface area contributed by atoms with Crippen LogP contribution in [0.15, 0.2) is 69.9 Å². The smallest absolute Gasteiger partial charge is 0.264 e. The van der Waals surface area contributed by atoms with Gasteiger partial charge in [0.1, 0.15) is 15.8 Å². The third-order valence-corrected chi connectivity index (χ3v) is 9.92. The van der Waals surface area contributed by atoms with Crippen LogP contribution in [0.3, 0.4) is 0 Å². The Hall–Kier alpha value is -3.09. The first kappa shape index (κ1) is 27.5. The molecule has 5 rings (SSSR count). The van der Waals surface area contributed by atoms with Crippen molar-refractivity contribution >= 4 is 55.0 Å². The van der Waals surface area contributed by atoms with Crippen molar-refractivity contribution in [3.8, 4) is 5.82 Å². The van der Waals surface area contributed by atoms with Gasteiger partial charge in [-0.15, -0.1) is 11.3 Å². The van der Waals surface area contributed by atoms with Crippen LogP contribution in [0, 0.1) is 0 Å². The van der Waals surface area contributed by atoms with E-state index in [4.69, 9.17) is 16.3 Å². The number of benzene rings is 1. The van der Waals surface area contributed by atoms with E-state index in [1.807, 2.05) is 18.2 Å². The number of nitrogens with zero attached hydrogens (tertiary/aromatic N) is 3. The van der Waals surface area contributed by atoms with Crippen LogP contribution in [0.25, 0.3) is 16.6 Å². The maximum atomic E-state index is 13.2. The molecule has 0 unspecified atom stereocenters. The van der Waals surface area contributed by atoms with Crippen LogP contribution >= 0.6 is 22.9 Å². The Morgan fingerprint density at radius 1 is 1.10 bits per heavy atom. The number of fused-ring (bicyclic) bond motifs is 1. The molecule has 0 aliphatic carbocycles. The molecule has 1 aliphatic rings. The van der Waals surface area contributed by atoms with E-state index in [1.165, 1.54) is 22.9 Å². The van der Waals surface area contributed by atoms with Crippen LogP contribution in [0.4, 0.5) is 5.69 Å². The Balaban J connectivity index is 1.23. The molecule has 0 amide bonds. The van der Waals surface area contributed by atoms with Crippen molar-refractivity contribution in [2.24, 2.45) is 0 Å². The van der Waals surface area contributed by atoms with Gasteiger partial charge in [0, 0.05) is 56.1 Å². The number of rotatable bonds is 10. The molecular weight excluding hydrogens is 560 g/mol. The van der Waals surface area contributed by atoms with Crippen molar-refractivity contribution in [1.82, 2.24) is 14.5 Å². The summed E-state index contributed by atoms with van der Waals surface area (Å²) in [6, 6.07) is 13.7. The minimum absolute atomic E-state index is 0.0703. The van der Waals surface area contributed by atoms with Gasteiger partial charge in [-0.3, -0.25) is 19.1 Å². The lowest BCUT2D eigenvalue weighted by molar-refractivity contribution is -0.116. The summed E-state index contributed by atoms with van der Waals surface area (Å²) in [5.41, 5.74) is 1.30. The van der Waals surface area contributed by atoms with Crippen molar-refractivity contribution in [3.63, 3.8) is 0 Å². The minimum Gasteiger partial charge on any atom is -0.384 e. The highest BCUT2D eigenvalue weighted by Gasteiger charge is 2.21. The Morgan fingerprint density at radius 3 is 2.64 bits per heavy atom. The van der Waals surface area contributed by atoms with E-state index in [9.17, 15) is 18.0 Å². The number of hydrogen-bond acceptors (Lipinski definition) is 9. The summed E-state index contributed by atoms with van der Waals surface area (Å²) in [6.45, 7) is 5.16. The van der Waals surface area contributed by atoms with Crippen LogP contribution in [-0.2, 0) is 25.8 Å². The van der Waals surface area contributed by atoms with Gasteiger partial charge in [0.25, 0.3) is 5.56 Å². The SMILES string of the molecule is O=C(Cc1ccc(-n2ccc3cc(NCCN4CCOCC4)ccc3c2=O)nc1)CS(=O)(=O)c1ccc(Cl)s1. The zero-order chi connectivity index (χ0) is 27.4. The molecule has 1 fully saturated rings. The van der Waals surface area contributed by atoms with Crippen molar-refractivity contribution in [1.29, 1.82) is 0 Å². The third-order valence-electron chi connectivity index (χ3n) is 6.43. The largest absolute Gasteiger partial charge is 0.384 e. The number of anilines is 1. The highest BCUT2D eigenvalue weighted by molar-refractivity contribution is 7.94. The summed E-state index contributed by atoms with van der Waals surface area (Å²) in [4.78, 5) is 32.3. The number of nitrogens with one attached hydrogen (secondary N) is 1. The quantitative estimate of drug-likeness (QED) is 0.301. The van der Waals surface area contributed by atoms with Gasteiger partial charge in [-0.05, 0) is 53.4 Å². The van der Waals surface area contributed by atoms with Crippen LogP contribution < -0.4 is 10.9 Å². The molecule has 0 spiro atoms. The predicted octanol–water partition coefficient (Wildman–Crippen LogP) is 3.43. The minimum atomic E-state index is -3.74. The van der Waals surface area contributed by atoms with E-state index in [2.05, 4.69) is 15.2 Å². The molecule has 4 aromatic rings.